The van der Waals surface area contributed by atoms with Crippen LogP contribution in [-0.2, 0) is 11.0 Å². The van der Waals surface area contributed by atoms with Crippen LogP contribution in [0.3, 0.4) is 0 Å². The lowest BCUT2D eigenvalue weighted by Crippen LogP contribution is -2.39. The highest BCUT2D eigenvalue weighted by molar-refractivity contribution is 5.77. The Labute approximate surface area is 202 Å². The van der Waals surface area contributed by atoms with E-state index in [0.29, 0.717) is 37.4 Å². The number of aromatic nitrogens is 4. The summed E-state index contributed by atoms with van der Waals surface area (Å²) in [6, 6.07) is 6.76. The van der Waals surface area contributed by atoms with Gasteiger partial charge in [-0.2, -0.15) is 18.3 Å². The highest BCUT2D eigenvalue weighted by Gasteiger charge is 2.32. The molecule has 1 aromatic carbocycles. The van der Waals surface area contributed by atoms with Gasteiger partial charge in [0.15, 0.2) is 0 Å². The number of amides is 1. The number of aryl methyl sites for hydroxylation is 2. The van der Waals surface area contributed by atoms with Gasteiger partial charge in [0.1, 0.15) is 0 Å². The Kier molecular flexibility index (Phi) is 7.37. The van der Waals surface area contributed by atoms with Gasteiger partial charge < -0.3 is 10.2 Å². The Morgan fingerprint density at radius 2 is 1.86 bits per heavy atom. The number of halogens is 3. The van der Waals surface area contributed by atoms with E-state index in [1.807, 2.05) is 24.8 Å². The van der Waals surface area contributed by atoms with E-state index in [-0.39, 0.29) is 11.9 Å². The van der Waals surface area contributed by atoms with E-state index >= 15 is 0 Å². The van der Waals surface area contributed by atoms with Crippen molar-refractivity contribution in [2.24, 2.45) is 0 Å². The molecule has 1 fully saturated rings. The van der Waals surface area contributed by atoms with Crippen LogP contribution in [0, 0.1) is 13.8 Å². The van der Waals surface area contributed by atoms with E-state index in [4.69, 9.17) is 0 Å². The van der Waals surface area contributed by atoms with Crippen molar-refractivity contribution in [3.8, 4) is 11.1 Å². The normalized spacial score (nSPS) is 16.4. The number of nitrogens with zero attached hydrogens (tertiary/aromatic N) is 4. The SMILES string of the molecule is Cc1cc(C)nc(NCCCC(=O)N2CCCCC2c2[nH]ncc2-c2ccc(C(F)(F)F)cc2)n1. The average molecular weight is 487 g/mol. The van der Waals surface area contributed by atoms with Crippen molar-refractivity contribution in [1.82, 2.24) is 25.1 Å². The number of likely N-dealkylation sites (tertiary alicyclic amines) is 1. The number of anilines is 1. The largest absolute Gasteiger partial charge is 0.416 e. The molecule has 1 saturated heterocycles. The Balaban J connectivity index is 1.42. The van der Waals surface area contributed by atoms with E-state index in [9.17, 15) is 18.0 Å². The first kappa shape index (κ1) is 24.7. The number of hydrogen-bond acceptors (Lipinski definition) is 5. The Morgan fingerprint density at radius 3 is 2.54 bits per heavy atom. The van der Waals surface area contributed by atoms with E-state index < -0.39 is 11.7 Å². The molecule has 3 aromatic rings. The monoisotopic (exact) mass is 486 g/mol. The summed E-state index contributed by atoms with van der Waals surface area (Å²) in [7, 11) is 0. The third-order valence-electron chi connectivity index (χ3n) is 6.18. The molecule has 4 rings (SSSR count). The van der Waals surface area contributed by atoms with E-state index in [2.05, 4.69) is 25.5 Å². The molecule has 1 aliphatic heterocycles. The van der Waals surface area contributed by atoms with Gasteiger partial charge in [0, 0.05) is 36.5 Å². The summed E-state index contributed by atoms with van der Waals surface area (Å²) < 4.78 is 38.9. The highest BCUT2D eigenvalue weighted by atomic mass is 19.4. The van der Waals surface area contributed by atoms with Gasteiger partial charge in [0.2, 0.25) is 11.9 Å². The topological polar surface area (TPSA) is 86.8 Å². The van der Waals surface area contributed by atoms with Crippen molar-refractivity contribution in [3.05, 3.63) is 59.2 Å². The summed E-state index contributed by atoms with van der Waals surface area (Å²) in [5.74, 6) is 0.607. The predicted molar refractivity (Wildman–Crippen MR) is 127 cm³/mol. The summed E-state index contributed by atoms with van der Waals surface area (Å²) in [6.45, 7) is 5.04. The number of nitrogens with one attached hydrogen (secondary N) is 2. The molecule has 10 heteroatoms. The van der Waals surface area contributed by atoms with Gasteiger partial charge in [-0.1, -0.05) is 12.1 Å². The number of aromatic amines is 1. The van der Waals surface area contributed by atoms with Gasteiger partial charge in [0.05, 0.1) is 23.5 Å². The molecule has 186 valence electrons. The van der Waals surface area contributed by atoms with E-state index in [1.165, 1.54) is 12.1 Å². The molecule has 1 atom stereocenters. The van der Waals surface area contributed by atoms with Crippen LogP contribution in [0.5, 0.6) is 0 Å². The quantitative estimate of drug-likeness (QED) is 0.434. The fourth-order valence-corrected chi connectivity index (χ4v) is 4.54. The molecule has 3 heterocycles. The molecule has 0 radical (unpaired) electrons. The Hall–Kier alpha value is -3.43. The average Bonchev–Trinajstić information content (AvgIpc) is 3.30. The summed E-state index contributed by atoms with van der Waals surface area (Å²) in [5, 5.41) is 10.3. The van der Waals surface area contributed by atoms with E-state index in [0.717, 1.165) is 54.0 Å². The molecule has 0 bridgehead atoms. The summed E-state index contributed by atoms with van der Waals surface area (Å²) in [5.41, 5.74) is 3.20. The summed E-state index contributed by atoms with van der Waals surface area (Å²) >= 11 is 0. The van der Waals surface area contributed by atoms with Crippen LogP contribution in [0.4, 0.5) is 19.1 Å². The highest BCUT2D eigenvalue weighted by Crippen LogP contribution is 2.37. The molecule has 1 aliphatic rings. The minimum Gasteiger partial charge on any atom is -0.354 e. The molecule has 0 saturated carbocycles. The van der Waals surface area contributed by atoms with Crippen molar-refractivity contribution >= 4 is 11.9 Å². The molecule has 2 aromatic heterocycles. The third kappa shape index (κ3) is 5.98. The standard InChI is InChI=1S/C25H29F3N6O/c1-16-14-17(2)32-24(31-16)29-12-5-7-22(35)34-13-4-3-6-21(34)23-20(15-30-33-23)18-8-10-19(11-9-18)25(26,27)28/h8-11,14-15,21H,3-7,12-13H2,1-2H3,(H,30,33)(H,29,31,32). The summed E-state index contributed by atoms with van der Waals surface area (Å²) in [6.07, 6.45) is 0.889. The second kappa shape index (κ2) is 10.5. The predicted octanol–water partition coefficient (Wildman–Crippen LogP) is 5.45. The van der Waals surface area contributed by atoms with Gasteiger partial charge in [0.25, 0.3) is 0 Å². The minimum atomic E-state index is -4.39. The number of alkyl halides is 3. The van der Waals surface area contributed by atoms with Crippen LogP contribution in [0.1, 0.15) is 60.8 Å². The second-order valence-electron chi connectivity index (χ2n) is 8.88. The first-order valence-corrected chi connectivity index (χ1v) is 11.8. The molecule has 0 aliphatic carbocycles. The van der Waals surface area contributed by atoms with E-state index in [1.54, 1.807) is 6.20 Å². The lowest BCUT2D eigenvalue weighted by atomic mass is 9.94. The Bertz CT molecular complexity index is 1140. The zero-order chi connectivity index (χ0) is 25.0. The van der Waals surface area contributed by atoms with Gasteiger partial charge in [-0.3, -0.25) is 9.89 Å². The molecule has 7 nitrogen and oxygen atoms in total. The van der Waals surface area contributed by atoms with Crippen molar-refractivity contribution < 1.29 is 18.0 Å². The van der Waals surface area contributed by atoms with Crippen molar-refractivity contribution in [3.63, 3.8) is 0 Å². The number of carbonyl (C=O) groups is 1. The zero-order valence-electron chi connectivity index (χ0n) is 19.8. The second-order valence-corrected chi connectivity index (χ2v) is 8.88. The zero-order valence-corrected chi connectivity index (χ0v) is 19.8. The number of rotatable bonds is 7. The van der Waals surface area contributed by atoms with Gasteiger partial charge in [-0.15, -0.1) is 0 Å². The molecule has 2 N–H and O–H groups in total. The number of benzene rings is 1. The summed E-state index contributed by atoms with van der Waals surface area (Å²) in [4.78, 5) is 23.7. The van der Waals surface area contributed by atoms with Crippen molar-refractivity contribution in [2.45, 2.75) is 58.2 Å². The van der Waals surface area contributed by atoms with Crippen LogP contribution in [0.15, 0.2) is 36.5 Å². The fraction of sp³-hybridized carbons (Fsp3) is 0.440. The number of hydrogen-bond donors (Lipinski definition) is 2. The van der Waals surface area contributed by atoms with Crippen molar-refractivity contribution in [2.75, 3.05) is 18.4 Å². The smallest absolute Gasteiger partial charge is 0.354 e. The lowest BCUT2D eigenvalue weighted by Gasteiger charge is -2.36. The molecular weight excluding hydrogens is 457 g/mol. The maximum absolute atomic E-state index is 13.1. The third-order valence-corrected chi connectivity index (χ3v) is 6.18. The first-order chi connectivity index (χ1) is 16.7. The van der Waals surface area contributed by atoms with Crippen LogP contribution in [0.25, 0.3) is 11.1 Å². The molecule has 0 spiro atoms. The fourth-order valence-electron chi connectivity index (χ4n) is 4.54. The Morgan fingerprint density at radius 1 is 1.14 bits per heavy atom. The molecule has 1 amide bonds. The van der Waals surface area contributed by atoms with Crippen molar-refractivity contribution in [1.29, 1.82) is 0 Å². The molecular formula is C25H29F3N6O. The minimum absolute atomic E-state index is 0.0470. The molecule has 35 heavy (non-hydrogen) atoms. The van der Waals surface area contributed by atoms with Gasteiger partial charge in [-0.05, 0) is 63.3 Å². The van der Waals surface area contributed by atoms with Crippen LogP contribution < -0.4 is 5.32 Å². The van der Waals surface area contributed by atoms with Crippen LogP contribution in [-0.4, -0.2) is 44.1 Å². The maximum Gasteiger partial charge on any atom is 0.416 e. The van der Waals surface area contributed by atoms with Gasteiger partial charge >= 0.3 is 6.18 Å². The molecule has 1 unspecified atom stereocenters. The number of H-pyrrole nitrogens is 1. The number of carbonyl (C=O) groups excluding carboxylic acids is 1. The maximum atomic E-state index is 13.1. The lowest BCUT2D eigenvalue weighted by molar-refractivity contribution is -0.137. The van der Waals surface area contributed by atoms with Gasteiger partial charge in [-0.25, -0.2) is 9.97 Å². The number of piperidine rings is 1. The van der Waals surface area contributed by atoms with Crippen LogP contribution >= 0.6 is 0 Å². The first-order valence-electron chi connectivity index (χ1n) is 11.8. The van der Waals surface area contributed by atoms with Crippen LogP contribution in [0.2, 0.25) is 0 Å².